The van der Waals surface area contributed by atoms with Gasteiger partial charge in [-0.3, -0.25) is 0 Å². The molecule has 0 atom stereocenters. The smallest absolute Gasteiger partial charge is 0.434 e. The van der Waals surface area contributed by atoms with Crippen LogP contribution < -0.4 is 41.1 Å². The lowest BCUT2D eigenvalue weighted by atomic mass is 9.51. The number of para-hydroxylation sites is 2. The molecule has 0 N–H and O–H groups in total. The minimum atomic E-state index is -2.74. The summed E-state index contributed by atoms with van der Waals surface area (Å²) < 4.78 is 16.3. The van der Waals surface area contributed by atoms with Crippen LogP contribution >= 0.6 is 0 Å². The molecule has 9 aromatic rings. The van der Waals surface area contributed by atoms with Crippen molar-refractivity contribution in [2.24, 2.45) is 0 Å². The Morgan fingerprint density at radius 3 is 1.62 bits per heavy atom. The first kappa shape index (κ1) is 30.1. The molecule has 0 radical (unpaired) electrons. The fourth-order valence-electron chi connectivity index (χ4n) is 8.97. The summed E-state index contributed by atoms with van der Waals surface area (Å²) in [6, 6.07) is 70.3. The summed E-state index contributed by atoms with van der Waals surface area (Å²) in [5.41, 5.74) is 7.77. The molecule has 0 spiro atoms. The highest BCUT2D eigenvalue weighted by atomic mass is 28.3. The van der Waals surface area contributed by atoms with Crippen LogP contribution in [0.15, 0.2) is 194 Å². The third kappa shape index (κ3) is 4.41. The Hall–Kier alpha value is -6.56. The molecule has 2 aliphatic rings. The molecule has 0 bridgehead atoms. The first-order chi connectivity index (χ1) is 26.3. The molecule has 0 fully saturated rings. The lowest BCUT2D eigenvalue weighted by Gasteiger charge is -2.36. The zero-order chi connectivity index (χ0) is 34.9. The van der Waals surface area contributed by atoms with Gasteiger partial charge in [-0.15, -0.1) is 0 Å². The molecular weight excluding hydrogens is 661 g/mol. The van der Waals surface area contributed by atoms with E-state index in [-0.39, 0.29) is 6.92 Å². The molecule has 8 aromatic carbocycles. The van der Waals surface area contributed by atoms with Crippen molar-refractivity contribution < 1.29 is 9.39 Å². The van der Waals surface area contributed by atoms with Crippen molar-refractivity contribution in [2.45, 2.75) is 0 Å². The van der Waals surface area contributed by atoms with Gasteiger partial charge < -0.3 is 14.0 Å². The number of rotatable bonds is 5. The Labute approximate surface area is 309 Å². The maximum atomic E-state index is 7.22. The molecule has 5 heteroatoms. The van der Waals surface area contributed by atoms with Crippen LogP contribution in [0.25, 0.3) is 38.6 Å². The van der Waals surface area contributed by atoms with E-state index in [0.29, 0.717) is 0 Å². The molecular formula is C48H32BNO2Si. The van der Waals surface area contributed by atoms with Gasteiger partial charge in [-0.25, -0.2) is 0 Å². The molecule has 3 nitrogen and oxygen atoms in total. The Balaban J connectivity index is 1.09. The van der Waals surface area contributed by atoms with Gasteiger partial charge in [0.15, 0.2) is 8.07 Å². The molecule has 53 heavy (non-hydrogen) atoms. The van der Waals surface area contributed by atoms with Crippen LogP contribution in [-0.2, 0) is 0 Å². The fraction of sp³-hybridized carbons (Fsp3) is 0. The molecule has 3 heterocycles. The van der Waals surface area contributed by atoms with E-state index in [1.807, 2.05) is 0 Å². The summed E-state index contributed by atoms with van der Waals surface area (Å²) in [5, 5.41) is 7.77. The van der Waals surface area contributed by atoms with Crippen LogP contribution in [0.4, 0.5) is 0 Å². The van der Waals surface area contributed by atoms with Crippen molar-refractivity contribution in [1.29, 1.82) is 0 Å². The number of benzene rings is 8. The van der Waals surface area contributed by atoms with Gasteiger partial charge in [0, 0.05) is 39.0 Å². The highest BCUT2D eigenvalue weighted by Crippen LogP contribution is 2.40. The lowest BCUT2D eigenvalue weighted by molar-refractivity contribution is 0.479. The highest BCUT2D eigenvalue weighted by Gasteiger charge is 2.44. The van der Waals surface area contributed by atoms with E-state index in [0.717, 1.165) is 45.0 Å². The SMILES string of the molecule is c1ccc([Si](c2ccccc2)(c2ccccc2)c2ccc3c(c2)OB2c4ccc(-n5c6ccccc6c6ccccc65)cc4Oc4cccc-3c42)cc1. The zero-order valence-corrected chi connectivity index (χ0v) is 29.8. The van der Waals surface area contributed by atoms with Crippen molar-refractivity contribution in [2.75, 3.05) is 0 Å². The summed E-state index contributed by atoms with van der Waals surface area (Å²) in [6.45, 7) is -0.304. The van der Waals surface area contributed by atoms with Crippen LogP contribution in [0.5, 0.6) is 17.2 Å². The van der Waals surface area contributed by atoms with Gasteiger partial charge in [-0.05, 0) is 56.6 Å². The largest absolute Gasteiger partial charge is 0.551 e. The number of fused-ring (bicyclic) bond motifs is 7. The van der Waals surface area contributed by atoms with Gasteiger partial charge in [-0.2, -0.15) is 0 Å². The van der Waals surface area contributed by atoms with Crippen LogP contribution in [0, 0.1) is 0 Å². The molecule has 11 rings (SSSR count). The van der Waals surface area contributed by atoms with E-state index in [9.17, 15) is 0 Å². The maximum absolute atomic E-state index is 7.22. The van der Waals surface area contributed by atoms with Gasteiger partial charge in [-0.1, -0.05) is 158 Å². The summed E-state index contributed by atoms with van der Waals surface area (Å²) in [6.07, 6.45) is 0. The lowest BCUT2D eigenvalue weighted by Crippen LogP contribution is -2.74. The highest BCUT2D eigenvalue weighted by molar-refractivity contribution is 7.20. The second-order valence-corrected chi connectivity index (χ2v) is 17.8. The van der Waals surface area contributed by atoms with Crippen molar-refractivity contribution in [1.82, 2.24) is 4.57 Å². The minimum absolute atomic E-state index is 0.304. The second kappa shape index (κ2) is 11.7. The van der Waals surface area contributed by atoms with Crippen LogP contribution in [0.1, 0.15) is 0 Å². The molecule has 0 amide bonds. The molecule has 248 valence electrons. The third-order valence-corrected chi connectivity index (χ3v) is 16.0. The van der Waals surface area contributed by atoms with Gasteiger partial charge in [0.25, 0.3) is 0 Å². The number of nitrogens with zero attached hydrogens (tertiary/aromatic N) is 1. The first-order valence-electron chi connectivity index (χ1n) is 18.2. The second-order valence-electron chi connectivity index (χ2n) is 14.0. The number of hydrogen-bond acceptors (Lipinski definition) is 2. The van der Waals surface area contributed by atoms with Crippen LogP contribution in [-0.4, -0.2) is 19.6 Å². The summed E-state index contributed by atoms with van der Waals surface area (Å²) in [4.78, 5) is 0. The van der Waals surface area contributed by atoms with Gasteiger partial charge in [0.2, 0.25) is 0 Å². The van der Waals surface area contributed by atoms with Crippen molar-refractivity contribution in [3.05, 3.63) is 194 Å². The molecule has 1 aromatic heterocycles. The quantitative estimate of drug-likeness (QED) is 0.138. The number of hydrogen-bond donors (Lipinski definition) is 0. The van der Waals surface area contributed by atoms with E-state index >= 15 is 0 Å². The summed E-state index contributed by atoms with van der Waals surface area (Å²) >= 11 is 0. The Kier molecular flexibility index (Phi) is 6.67. The van der Waals surface area contributed by atoms with Gasteiger partial charge in [0.05, 0.1) is 11.0 Å². The standard InChI is InChI=1S/C48H32BNO2Si/c1-4-15-34(16-5-1)53(35-17-6-2-7-18-35,36-19-8-3-9-20-36)37-28-29-40-41-23-14-26-45-48(41)49(52-46(40)32-37)42-30-27-33(31-47(42)51-45)50-43-24-12-10-21-38(43)39-22-11-13-25-44(39)50/h1-32H. The predicted octanol–water partition coefficient (Wildman–Crippen LogP) is 7.43. The third-order valence-electron chi connectivity index (χ3n) is 11.2. The topological polar surface area (TPSA) is 23.4 Å². The monoisotopic (exact) mass is 693 g/mol. The van der Waals surface area contributed by atoms with E-state index < -0.39 is 8.07 Å². The predicted molar refractivity (Wildman–Crippen MR) is 222 cm³/mol. The van der Waals surface area contributed by atoms with Gasteiger partial charge >= 0.3 is 6.92 Å². The molecule has 0 aliphatic carbocycles. The Morgan fingerprint density at radius 1 is 0.415 bits per heavy atom. The Morgan fingerprint density at radius 2 is 1.00 bits per heavy atom. The molecule has 0 saturated heterocycles. The van der Waals surface area contributed by atoms with E-state index in [4.69, 9.17) is 9.39 Å². The summed E-state index contributed by atoms with van der Waals surface area (Å²) in [7, 11) is -2.74. The van der Waals surface area contributed by atoms with Crippen LogP contribution in [0.2, 0.25) is 0 Å². The maximum Gasteiger partial charge on any atom is 0.434 e. The summed E-state index contributed by atoms with van der Waals surface area (Å²) in [5.74, 6) is 2.56. The molecule has 0 unspecified atom stereocenters. The first-order valence-corrected chi connectivity index (χ1v) is 20.2. The van der Waals surface area contributed by atoms with Crippen molar-refractivity contribution >= 4 is 68.5 Å². The van der Waals surface area contributed by atoms with E-state index in [2.05, 4.69) is 199 Å². The average Bonchev–Trinajstić information content (AvgIpc) is 3.57. The Bertz CT molecular complexity index is 2700. The number of ether oxygens (including phenoxy) is 1. The molecule has 2 aliphatic heterocycles. The number of aromatic nitrogens is 1. The normalized spacial score (nSPS) is 12.8. The average molecular weight is 694 g/mol. The van der Waals surface area contributed by atoms with Crippen LogP contribution in [0.3, 0.4) is 0 Å². The molecule has 0 saturated carbocycles. The fourth-order valence-corrected chi connectivity index (χ4v) is 13.7. The van der Waals surface area contributed by atoms with Crippen molar-refractivity contribution in [3.63, 3.8) is 0 Å². The van der Waals surface area contributed by atoms with E-state index in [1.54, 1.807) is 0 Å². The van der Waals surface area contributed by atoms with Crippen molar-refractivity contribution in [3.8, 4) is 34.1 Å². The zero-order valence-electron chi connectivity index (χ0n) is 28.8. The van der Waals surface area contributed by atoms with E-state index in [1.165, 1.54) is 42.6 Å². The minimum Gasteiger partial charge on any atom is -0.551 e. The van der Waals surface area contributed by atoms with Gasteiger partial charge in [0.1, 0.15) is 17.2 Å².